The Bertz CT molecular complexity index is 1050. The van der Waals surface area contributed by atoms with Gasteiger partial charge in [-0.15, -0.1) is 11.3 Å². The monoisotopic (exact) mass is 482 g/mol. The van der Waals surface area contributed by atoms with Crippen LogP contribution in [-0.2, 0) is 19.3 Å². The van der Waals surface area contributed by atoms with Crippen molar-refractivity contribution in [2.45, 2.75) is 32.1 Å². The molecule has 1 aliphatic rings. The van der Waals surface area contributed by atoms with E-state index >= 15 is 0 Å². The molecule has 4 rings (SSSR count). The minimum Gasteiger partial charge on any atom is -0.352 e. The Morgan fingerprint density at radius 1 is 0.933 bits per heavy atom. The maximum Gasteiger partial charge on any atom is 0.256 e. The van der Waals surface area contributed by atoms with Gasteiger partial charge >= 0.3 is 0 Å². The number of carbonyl (C=O) groups excluding carboxylic acids is 2. The van der Waals surface area contributed by atoms with Crippen LogP contribution in [0.15, 0.2) is 59.1 Å². The van der Waals surface area contributed by atoms with Crippen LogP contribution in [0.2, 0.25) is 0 Å². The Hall–Kier alpha value is -2.44. The summed E-state index contributed by atoms with van der Waals surface area (Å²) in [5.74, 6) is -0.295. The number of nitrogens with one attached hydrogen (secondary N) is 2. The van der Waals surface area contributed by atoms with Crippen molar-refractivity contribution in [1.29, 1.82) is 0 Å². The number of carbonyl (C=O) groups is 2. The summed E-state index contributed by atoms with van der Waals surface area (Å²) >= 11 is 4.93. The van der Waals surface area contributed by atoms with E-state index in [2.05, 4.69) is 38.7 Å². The maximum atomic E-state index is 13.1. The van der Waals surface area contributed by atoms with Crippen molar-refractivity contribution in [2.75, 3.05) is 11.9 Å². The minimum absolute atomic E-state index is 0.101. The van der Waals surface area contributed by atoms with Crippen molar-refractivity contribution < 1.29 is 9.59 Å². The van der Waals surface area contributed by atoms with Gasteiger partial charge in [0.05, 0.1) is 5.56 Å². The van der Waals surface area contributed by atoms with Gasteiger partial charge in [0.25, 0.3) is 11.8 Å². The first-order valence-corrected chi connectivity index (χ1v) is 11.8. The molecule has 0 atom stereocenters. The van der Waals surface area contributed by atoms with Crippen molar-refractivity contribution in [3.63, 3.8) is 0 Å². The second-order valence-electron chi connectivity index (χ2n) is 7.37. The Kier molecular flexibility index (Phi) is 6.65. The van der Waals surface area contributed by atoms with Crippen LogP contribution in [0.1, 0.15) is 49.6 Å². The van der Waals surface area contributed by atoms with Gasteiger partial charge in [0, 0.05) is 21.5 Å². The Balaban J connectivity index is 1.52. The van der Waals surface area contributed by atoms with Crippen LogP contribution in [0, 0.1) is 0 Å². The zero-order valence-corrected chi connectivity index (χ0v) is 18.9. The van der Waals surface area contributed by atoms with Gasteiger partial charge in [-0.2, -0.15) is 0 Å². The summed E-state index contributed by atoms with van der Waals surface area (Å²) in [6, 6.07) is 17.3. The molecule has 0 saturated heterocycles. The molecule has 0 aliphatic heterocycles. The first-order chi connectivity index (χ1) is 14.6. The highest BCUT2D eigenvalue weighted by Gasteiger charge is 2.26. The lowest BCUT2D eigenvalue weighted by atomic mass is 9.95. The molecule has 0 radical (unpaired) electrons. The summed E-state index contributed by atoms with van der Waals surface area (Å²) in [5.41, 5.74) is 3.51. The van der Waals surface area contributed by atoms with Gasteiger partial charge < -0.3 is 10.6 Å². The topological polar surface area (TPSA) is 58.2 Å². The van der Waals surface area contributed by atoms with E-state index in [-0.39, 0.29) is 11.8 Å². The fourth-order valence-corrected chi connectivity index (χ4v) is 5.27. The highest BCUT2D eigenvalue weighted by atomic mass is 79.9. The van der Waals surface area contributed by atoms with Crippen LogP contribution >= 0.6 is 27.3 Å². The fraction of sp³-hybridized carbons (Fsp3) is 0.250. The summed E-state index contributed by atoms with van der Waals surface area (Å²) < 4.78 is 0.920. The van der Waals surface area contributed by atoms with Gasteiger partial charge in [-0.25, -0.2) is 0 Å². The van der Waals surface area contributed by atoms with Crippen molar-refractivity contribution in [3.8, 4) is 0 Å². The van der Waals surface area contributed by atoms with Crippen LogP contribution in [0.25, 0.3) is 0 Å². The van der Waals surface area contributed by atoms with E-state index in [4.69, 9.17) is 0 Å². The molecule has 154 valence electrons. The lowest BCUT2D eigenvalue weighted by Gasteiger charge is -2.13. The first-order valence-electron chi connectivity index (χ1n) is 10.2. The Morgan fingerprint density at radius 2 is 1.67 bits per heavy atom. The number of rotatable bonds is 6. The van der Waals surface area contributed by atoms with Crippen molar-refractivity contribution in [2.24, 2.45) is 0 Å². The van der Waals surface area contributed by atoms with Gasteiger partial charge in [0.1, 0.15) is 5.00 Å². The smallest absolute Gasteiger partial charge is 0.256 e. The molecule has 0 spiro atoms. The van der Waals surface area contributed by atoms with Crippen LogP contribution in [0.3, 0.4) is 0 Å². The number of benzene rings is 2. The number of hydrogen-bond acceptors (Lipinski definition) is 3. The minimum atomic E-state index is -0.195. The maximum absolute atomic E-state index is 13.1. The van der Waals surface area contributed by atoms with E-state index < -0.39 is 0 Å². The summed E-state index contributed by atoms with van der Waals surface area (Å²) in [7, 11) is 0. The third-order valence-electron chi connectivity index (χ3n) is 5.27. The molecule has 1 heterocycles. The quantitative estimate of drug-likeness (QED) is 0.479. The SMILES string of the molecule is O=C(Nc1sc2c(c1C(=O)NCCc1ccccc1)CCCC2)c1ccc(Br)cc1. The predicted molar refractivity (Wildman–Crippen MR) is 126 cm³/mol. The van der Waals surface area contributed by atoms with Crippen LogP contribution < -0.4 is 10.6 Å². The highest BCUT2D eigenvalue weighted by Crippen LogP contribution is 2.38. The number of hydrogen-bond donors (Lipinski definition) is 2. The van der Waals surface area contributed by atoms with Gasteiger partial charge in [0.15, 0.2) is 0 Å². The average molecular weight is 483 g/mol. The molecule has 2 N–H and O–H groups in total. The summed E-state index contributed by atoms with van der Waals surface area (Å²) in [6.45, 7) is 0.563. The number of thiophene rings is 1. The molecule has 2 aromatic carbocycles. The van der Waals surface area contributed by atoms with E-state index in [1.807, 2.05) is 30.3 Å². The fourth-order valence-electron chi connectivity index (χ4n) is 3.72. The number of anilines is 1. The zero-order chi connectivity index (χ0) is 20.9. The molecule has 30 heavy (non-hydrogen) atoms. The molecule has 0 bridgehead atoms. The van der Waals surface area contributed by atoms with Crippen LogP contribution in [0.5, 0.6) is 0 Å². The normalized spacial score (nSPS) is 12.8. The highest BCUT2D eigenvalue weighted by molar-refractivity contribution is 9.10. The lowest BCUT2D eigenvalue weighted by Crippen LogP contribution is -2.27. The largest absolute Gasteiger partial charge is 0.352 e. The van der Waals surface area contributed by atoms with Gasteiger partial charge in [0.2, 0.25) is 0 Å². The zero-order valence-electron chi connectivity index (χ0n) is 16.5. The van der Waals surface area contributed by atoms with Crippen molar-refractivity contribution >= 4 is 44.1 Å². The Morgan fingerprint density at radius 3 is 2.43 bits per heavy atom. The van der Waals surface area contributed by atoms with Gasteiger partial charge in [-0.05, 0) is 67.5 Å². The molecule has 0 saturated carbocycles. The number of aryl methyl sites for hydroxylation is 1. The first kappa shape index (κ1) is 20.8. The summed E-state index contributed by atoms with van der Waals surface area (Å²) in [5, 5.41) is 6.71. The van der Waals surface area contributed by atoms with Crippen molar-refractivity contribution in [1.82, 2.24) is 5.32 Å². The Labute approximate surface area is 188 Å². The second kappa shape index (κ2) is 9.58. The lowest BCUT2D eigenvalue weighted by molar-refractivity contribution is 0.0954. The number of amides is 2. The predicted octanol–water partition coefficient (Wildman–Crippen LogP) is 5.61. The molecule has 0 fully saturated rings. The average Bonchev–Trinajstić information content (AvgIpc) is 3.12. The van der Waals surface area contributed by atoms with Gasteiger partial charge in [-0.3, -0.25) is 9.59 Å². The third kappa shape index (κ3) is 4.82. The number of fused-ring (bicyclic) bond motifs is 1. The third-order valence-corrected chi connectivity index (χ3v) is 7.01. The van der Waals surface area contributed by atoms with Crippen molar-refractivity contribution in [3.05, 3.63) is 86.2 Å². The molecule has 2 amide bonds. The summed E-state index contributed by atoms with van der Waals surface area (Å²) in [4.78, 5) is 27.1. The molecular formula is C24H23BrN2O2S. The molecule has 4 nitrogen and oxygen atoms in total. The molecule has 1 aromatic heterocycles. The van der Waals surface area contributed by atoms with E-state index in [1.54, 1.807) is 23.5 Å². The summed E-state index contributed by atoms with van der Waals surface area (Å²) in [6.07, 6.45) is 4.84. The van der Waals surface area contributed by atoms with Gasteiger partial charge in [-0.1, -0.05) is 46.3 Å². The number of halogens is 1. The van der Waals surface area contributed by atoms with E-state index in [0.717, 1.165) is 42.1 Å². The standard InChI is InChI=1S/C24H23BrN2O2S/c25-18-12-10-17(11-13-18)22(28)27-24-21(19-8-4-5-9-20(19)30-24)23(29)26-15-14-16-6-2-1-3-7-16/h1-3,6-7,10-13H,4-5,8-9,14-15H2,(H,26,29)(H,27,28). The molecular weight excluding hydrogens is 460 g/mol. The van der Waals surface area contributed by atoms with E-state index in [1.165, 1.54) is 10.4 Å². The van der Waals surface area contributed by atoms with E-state index in [9.17, 15) is 9.59 Å². The molecule has 6 heteroatoms. The molecule has 0 unspecified atom stereocenters. The molecule has 3 aromatic rings. The van der Waals surface area contributed by atoms with E-state index in [0.29, 0.717) is 22.7 Å². The van der Waals surface area contributed by atoms with Crippen LogP contribution in [-0.4, -0.2) is 18.4 Å². The molecule has 1 aliphatic carbocycles. The van der Waals surface area contributed by atoms with Crippen LogP contribution in [0.4, 0.5) is 5.00 Å². The second-order valence-corrected chi connectivity index (χ2v) is 9.39.